The molecule has 1 aliphatic heterocycles. The van der Waals surface area contributed by atoms with Crippen molar-refractivity contribution in [1.29, 1.82) is 0 Å². The largest absolute Gasteiger partial charge is 0.378 e. The van der Waals surface area contributed by atoms with Crippen LogP contribution in [0.25, 0.3) is 0 Å². The van der Waals surface area contributed by atoms with Crippen LogP contribution in [0, 0.1) is 12.8 Å². The molecule has 0 atom stereocenters. The normalized spacial score (nSPS) is 16.9. The van der Waals surface area contributed by atoms with Crippen molar-refractivity contribution in [3.05, 3.63) is 36.2 Å². The molecule has 0 spiro atoms. The Bertz CT molecular complexity index is 799. The number of benzene rings is 1. The van der Waals surface area contributed by atoms with Crippen molar-refractivity contribution in [3.63, 3.8) is 0 Å². The van der Waals surface area contributed by atoms with Crippen molar-refractivity contribution < 1.29 is 9.53 Å². The highest BCUT2D eigenvalue weighted by atomic mass is 16.5. The van der Waals surface area contributed by atoms with Crippen LogP contribution in [-0.4, -0.2) is 42.2 Å². The van der Waals surface area contributed by atoms with E-state index in [9.17, 15) is 4.79 Å². The number of nitrogens with one attached hydrogen (secondary N) is 2. The summed E-state index contributed by atoms with van der Waals surface area (Å²) in [5.41, 5.74) is 1.74. The van der Waals surface area contributed by atoms with Gasteiger partial charge < -0.3 is 20.3 Å². The zero-order valence-corrected chi connectivity index (χ0v) is 15.6. The predicted molar refractivity (Wildman–Crippen MR) is 105 cm³/mol. The second kappa shape index (κ2) is 7.92. The van der Waals surface area contributed by atoms with E-state index in [1.807, 2.05) is 37.3 Å². The molecule has 7 heteroatoms. The van der Waals surface area contributed by atoms with Crippen LogP contribution in [0.2, 0.25) is 0 Å². The summed E-state index contributed by atoms with van der Waals surface area (Å²) in [6.45, 7) is 5.02. The van der Waals surface area contributed by atoms with Crippen LogP contribution in [-0.2, 0) is 9.53 Å². The Morgan fingerprint density at radius 2 is 1.85 bits per heavy atom. The van der Waals surface area contributed by atoms with Crippen LogP contribution in [0.5, 0.6) is 0 Å². The van der Waals surface area contributed by atoms with Gasteiger partial charge in [0.2, 0.25) is 5.91 Å². The molecule has 27 heavy (non-hydrogen) atoms. The Labute approximate surface area is 159 Å². The van der Waals surface area contributed by atoms with Crippen molar-refractivity contribution in [2.75, 3.05) is 41.8 Å². The number of aromatic nitrogens is 2. The summed E-state index contributed by atoms with van der Waals surface area (Å²) in [5, 5.41) is 6.28. The Morgan fingerprint density at radius 3 is 2.56 bits per heavy atom. The molecule has 1 aliphatic carbocycles. The van der Waals surface area contributed by atoms with E-state index in [-0.39, 0.29) is 5.91 Å². The maximum Gasteiger partial charge on any atom is 0.224 e. The fraction of sp³-hybridized carbons (Fsp3) is 0.450. The molecule has 142 valence electrons. The molecule has 0 radical (unpaired) electrons. The van der Waals surface area contributed by atoms with E-state index in [4.69, 9.17) is 4.74 Å². The van der Waals surface area contributed by atoms with Crippen LogP contribution in [0.4, 0.5) is 23.0 Å². The Hall–Kier alpha value is -2.67. The number of amides is 1. The minimum absolute atomic E-state index is 0.0970. The third-order valence-electron chi connectivity index (χ3n) is 4.77. The number of hydrogen-bond donors (Lipinski definition) is 2. The average molecular weight is 367 g/mol. The van der Waals surface area contributed by atoms with E-state index in [0.29, 0.717) is 12.3 Å². The molecule has 1 amide bonds. The van der Waals surface area contributed by atoms with Crippen LogP contribution < -0.4 is 15.5 Å². The standard InChI is InChI=1S/C20H25N5O2/c1-14-21-18(13-19(22-14)25-8-10-27-11-9-25)23-16-4-6-17(7-5-16)24-20(26)12-15-2-3-15/h4-7,13,15H,2-3,8-12H2,1H3,(H,24,26)(H,21,22,23). The molecule has 2 heterocycles. The van der Waals surface area contributed by atoms with E-state index in [1.165, 1.54) is 12.8 Å². The van der Waals surface area contributed by atoms with Gasteiger partial charge in [-0.2, -0.15) is 0 Å². The van der Waals surface area contributed by atoms with Crippen molar-refractivity contribution in [2.45, 2.75) is 26.2 Å². The fourth-order valence-corrected chi connectivity index (χ4v) is 3.15. The topological polar surface area (TPSA) is 79.4 Å². The molecule has 2 aromatic rings. The first-order valence-corrected chi connectivity index (χ1v) is 9.51. The maximum absolute atomic E-state index is 11.9. The number of carbonyl (C=O) groups is 1. The Balaban J connectivity index is 1.40. The van der Waals surface area contributed by atoms with E-state index in [1.54, 1.807) is 0 Å². The van der Waals surface area contributed by atoms with Gasteiger partial charge in [-0.1, -0.05) is 0 Å². The minimum Gasteiger partial charge on any atom is -0.378 e. The van der Waals surface area contributed by atoms with Gasteiger partial charge in [-0.15, -0.1) is 0 Å². The molecule has 7 nitrogen and oxygen atoms in total. The minimum atomic E-state index is 0.0970. The van der Waals surface area contributed by atoms with E-state index in [2.05, 4.69) is 25.5 Å². The summed E-state index contributed by atoms with van der Waals surface area (Å²) in [6.07, 6.45) is 2.99. The van der Waals surface area contributed by atoms with Gasteiger partial charge in [0, 0.05) is 37.0 Å². The number of anilines is 4. The van der Waals surface area contributed by atoms with Gasteiger partial charge in [-0.25, -0.2) is 9.97 Å². The van der Waals surface area contributed by atoms with Gasteiger partial charge in [0.05, 0.1) is 13.2 Å². The van der Waals surface area contributed by atoms with Gasteiger partial charge in [0.15, 0.2) is 0 Å². The molecule has 0 unspecified atom stereocenters. The average Bonchev–Trinajstić information content (AvgIpc) is 3.47. The summed E-state index contributed by atoms with van der Waals surface area (Å²) in [7, 11) is 0. The lowest BCUT2D eigenvalue weighted by molar-refractivity contribution is -0.116. The smallest absolute Gasteiger partial charge is 0.224 e. The van der Waals surface area contributed by atoms with Crippen LogP contribution in [0.3, 0.4) is 0 Å². The first-order chi connectivity index (χ1) is 13.2. The van der Waals surface area contributed by atoms with Crippen molar-refractivity contribution >= 4 is 28.9 Å². The Kier molecular flexibility index (Phi) is 5.20. The number of carbonyl (C=O) groups excluding carboxylic acids is 1. The molecule has 0 bridgehead atoms. The molecule has 1 aromatic heterocycles. The zero-order valence-electron chi connectivity index (χ0n) is 15.6. The summed E-state index contributed by atoms with van der Waals surface area (Å²) in [4.78, 5) is 23.1. The van der Waals surface area contributed by atoms with E-state index < -0.39 is 0 Å². The fourth-order valence-electron chi connectivity index (χ4n) is 3.15. The second-order valence-corrected chi connectivity index (χ2v) is 7.16. The molecule has 2 fully saturated rings. The van der Waals surface area contributed by atoms with Gasteiger partial charge >= 0.3 is 0 Å². The highest BCUT2D eigenvalue weighted by molar-refractivity contribution is 5.91. The van der Waals surface area contributed by atoms with Crippen molar-refractivity contribution in [3.8, 4) is 0 Å². The monoisotopic (exact) mass is 367 g/mol. The van der Waals surface area contributed by atoms with Crippen LogP contribution >= 0.6 is 0 Å². The van der Waals surface area contributed by atoms with Gasteiger partial charge in [0.1, 0.15) is 17.5 Å². The molecule has 4 rings (SSSR count). The van der Waals surface area contributed by atoms with Gasteiger partial charge in [0.25, 0.3) is 0 Å². The predicted octanol–water partition coefficient (Wildman–Crippen LogP) is 3.10. The highest BCUT2D eigenvalue weighted by Crippen LogP contribution is 2.32. The third kappa shape index (κ3) is 4.95. The van der Waals surface area contributed by atoms with Gasteiger partial charge in [-0.05, 0) is 49.9 Å². The van der Waals surface area contributed by atoms with Gasteiger partial charge in [-0.3, -0.25) is 4.79 Å². The molecular formula is C20H25N5O2. The SMILES string of the molecule is Cc1nc(Nc2ccc(NC(=O)CC3CC3)cc2)cc(N2CCOCC2)n1. The maximum atomic E-state index is 11.9. The first kappa shape index (κ1) is 17.7. The van der Waals surface area contributed by atoms with Crippen molar-refractivity contribution in [1.82, 2.24) is 9.97 Å². The zero-order chi connectivity index (χ0) is 18.6. The number of rotatable bonds is 6. The molecule has 1 saturated carbocycles. The molecule has 1 saturated heterocycles. The lowest BCUT2D eigenvalue weighted by atomic mass is 10.2. The van der Waals surface area contributed by atoms with E-state index >= 15 is 0 Å². The molecule has 1 aromatic carbocycles. The summed E-state index contributed by atoms with van der Waals surface area (Å²) in [6, 6.07) is 9.66. The molecule has 2 N–H and O–H groups in total. The second-order valence-electron chi connectivity index (χ2n) is 7.16. The number of aryl methyl sites for hydroxylation is 1. The number of morpholine rings is 1. The number of hydrogen-bond acceptors (Lipinski definition) is 6. The highest BCUT2D eigenvalue weighted by Gasteiger charge is 2.24. The lowest BCUT2D eigenvalue weighted by Crippen LogP contribution is -2.36. The quantitative estimate of drug-likeness (QED) is 0.817. The molecular weight excluding hydrogens is 342 g/mol. The summed E-state index contributed by atoms with van der Waals surface area (Å²) < 4.78 is 5.41. The van der Waals surface area contributed by atoms with E-state index in [0.717, 1.165) is 55.1 Å². The van der Waals surface area contributed by atoms with Crippen LogP contribution in [0.15, 0.2) is 30.3 Å². The Morgan fingerprint density at radius 1 is 1.15 bits per heavy atom. The third-order valence-corrected chi connectivity index (χ3v) is 4.77. The first-order valence-electron chi connectivity index (χ1n) is 9.51. The summed E-state index contributed by atoms with van der Waals surface area (Å²) in [5.74, 6) is 3.09. The van der Waals surface area contributed by atoms with Crippen LogP contribution in [0.1, 0.15) is 25.1 Å². The lowest BCUT2D eigenvalue weighted by Gasteiger charge is -2.28. The van der Waals surface area contributed by atoms with Crippen molar-refractivity contribution in [2.24, 2.45) is 5.92 Å². The number of ether oxygens (including phenoxy) is 1. The number of nitrogens with zero attached hydrogens (tertiary/aromatic N) is 3. The summed E-state index contributed by atoms with van der Waals surface area (Å²) >= 11 is 0. The molecule has 2 aliphatic rings.